The molecule has 2 rings (SSSR count). The maximum Gasteiger partial charge on any atom is 0.244 e. The Hall–Kier alpha value is -2.29. The summed E-state index contributed by atoms with van der Waals surface area (Å²) < 4.78 is 26.4. The second-order valence-corrected chi connectivity index (χ2v) is 11.3. The van der Waals surface area contributed by atoms with Gasteiger partial charge in [-0.15, -0.1) is 0 Å². The molecule has 1 N–H and O–H groups in total. The number of hydrogen-bond donors (Lipinski definition) is 1. The molecule has 10 heteroatoms. The minimum Gasteiger partial charge on any atom is -0.352 e. The van der Waals surface area contributed by atoms with E-state index in [2.05, 4.69) is 5.32 Å². The molecule has 192 valence electrons. The second kappa shape index (κ2) is 12.6. The standard InChI is InChI=1S/C25H33Cl2N3O4S/c1-6-18(4)28-25(32)22(7-2)29(15-19-12-13-20(26)21(27)14-19)24(31)16-30(35(5,33)34)23-11-9-8-10-17(23)3/h8-14,18,22H,6-7,15-16H2,1-5H3,(H,28,32)/t18-,22+/m0/s1. The number of carbonyl (C=O) groups is 2. The summed E-state index contributed by atoms with van der Waals surface area (Å²) in [4.78, 5) is 28.2. The van der Waals surface area contributed by atoms with E-state index in [1.165, 1.54) is 4.90 Å². The molecule has 0 aliphatic rings. The number of nitrogens with zero attached hydrogens (tertiary/aromatic N) is 2. The van der Waals surface area contributed by atoms with Crippen LogP contribution in [0, 0.1) is 6.92 Å². The summed E-state index contributed by atoms with van der Waals surface area (Å²) in [5.41, 5.74) is 1.79. The molecule has 0 spiro atoms. The largest absolute Gasteiger partial charge is 0.352 e. The number of carbonyl (C=O) groups excluding carboxylic acids is 2. The van der Waals surface area contributed by atoms with Crippen LogP contribution in [-0.2, 0) is 26.2 Å². The normalized spacial score (nSPS) is 13.1. The Balaban J connectivity index is 2.48. The average molecular weight is 543 g/mol. The van der Waals surface area contributed by atoms with E-state index in [0.29, 0.717) is 33.3 Å². The van der Waals surface area contributed by atoms with E-state index in [1.807, 2.05) is 20.8 Å². The van der Waals surface area contributed by atoms with Gasteiger partial charge in [0.2, 0.25) is 21.8 Å². The minimum atomic E-state index is -3.78. The fraction of sp³-hybridized carbons (Fsp3) is 0.440. The van der Waals surface area contributed by atoms with E-state index in [-0.39, 0.29) is 18.5 Å². The molecule has 0 bridgehead atoms. The third kappa shape index (κ3) is 7.85. The first-order chi connectivity index (χ1) is 16.4. The van der Waals surface area contributed by atoms with E-state index in [1.54, 1.807) is 49.4 Å². The molecular formula is C25H33Cl2N3O4S. The fourth-order valence-corrected chi connectivity index (χ4v) is 4.86. The molecule has 2 atom stereocenters. The number of para-hydroxylation sites is 1. The highest BCUT2D eigenvalue weighted by Crippen LogP contribution is 2.26. The summed E-state index contributed by atoms with van der Waals surface area (Å²) in [6.45, 7) is 7.05. The molecule has 0 unspecified atom stereocenters. The number of amides is 2. The molecule has 2 aromatic rings. The van der Waals surface area contributed by atoms with Gasteiger partial charge in [-0.2, -0.15) is 0 Å². The summed E-state index contributed by atoms with van der Waals surface area (Å²) in [7, 11) is -3.78. The number of sulfonamides is 1. The molecule has 0 radical (unpaired) electrons. The monoisotopic (exact) mass is 541 g/mol. The second-order valence-electron chi connectivity index (χ2n) is 8.57. The Morgan fingerprint density at radius 2 is 1.69 bits per heavy atom. The molecular weight excluding hydrogens is 509 g/mol. The van der Waals surface area contributed by atoms with Crippen molar-refractivity contribution in [3.05, 3.63) is 63.6 Å². The van der Waals surface area contributed by atoms with Gasteiger partial charge < -0.3 is 10.2 Å². The van der Waals surface area contributed by atoms with Crippen LogP contribution in [0.3, 0.4) is 0 Å². The maximum atomic E-state index is 13.7. The van der Waals surface area contributed by atoms with Crippen LogP contribution in [-0.4, -0.2) is 50.0 Å². The van der Waals surface area contributed by atoms with Crippen molar-refractivity contribution in [1.29, 1.82) is 0 Å². The number of nitrogens with one attached hydrogen (secondary N) is 1. The first-order valence-corrected chi connectivity index (χ1v) is 14.1. The Morgan fingerprint density at radius 1 is 1.03 bits per heavy atom. The molecule has 2 aromatic carbocycles. The van der Waals surface area contributed by atoms with Crippen molar-refractivity contribution in [3.63, 3.8) is 0 Å². The van der Waals surface area contributed by atoms with Crippen LogP contribution >= 0.6 is 23.2 Å². The first kappa shape index (κ1) is 28.9. The molecule has 0 saturated carbocycles. The van der Waals surface area contributed by atoms with E-state index < -0.39 is 28.5 Å². The van der Waals surface area contributed by atoms with Crippen LogP contribution in [0.2, 0.25) is 10.0 Å². The average Bonchev–Trinajstić information content (AvgIpc) is 2.79. The van der Waals surface area contributed by atoms with Gasteiger partial charge >= 0.3 is 0 Å². The van der Waals surface area contributed by atoms with Crippen LogP contribution in [0.1, 0.15) is 44.7 Å². The minimum absolute atomic E-state index is 0.0630. The molecule has 2 amide bonds. The molecule has 0 saturated heterocycles. The van der Waals surface area contributed by atoms with E-state index >= 15 is 0 Å². The van der Waals surface area contributed by atoms with Gasteiger partial charge in [0.25, 0.3) is 0 Å². The predicted octanol–water partition coefficient (Wildman–Crippen LogP) is 4.79. The van der Waals surface area contributed by atoms with Crippen LogP contribution < -0.4 is 9.62 Å². The highest BCUT2D eigenvalue weighted by atomic mass is 35.5. The number of anilines is 1. The summed E-state index contributed by atoms with van der Waals surface area (Å²) in [5, 5.41) is 3.63. The number of halogens is 2. The van der Waals surface area contributed by atoms with Gasteiger partial charge in [-0.05, 0) is 56.0 Å². The lowest BCUT2D eigenvalue weighted by atomic mass is 10.1. The number of aryl methyl sites for hydroxylation is 1. The maximum absolute atomic E-state index is 13.7. The van der Waals surface area contributed by atoms with Gasteiger partial charge in [-0.1, -0.05) is 61.3 Å². The third-order valence-corrected chi connectivity index (χ3v) is 7.65. The highest BCUT2D eigenvalue weighted by Gasteiger charge is 2.32. The first-order valence-electron chi connectivity index (χ1n) is 11.5. The molecule has 35 heavy (non-hydrogen) atoms. The summed E-state index contributed by atoms with van der Waals surface area (Å²) >= 11 is 12.2. The topological polar surface area (TPSA) is 86.8 Å². The summed E-state index contributed by atoms with van der Waals surface area (Å²) in [6.07, 6.45) is 2.14. The van der Waals surface area contributed by atoms with Crippen LogP contribution in [0.15, 0.2) is 42.5 Å². The summed E-state index contributed by atoms with van der Waals surface area (Å²) in [6, 6.07) is 11.1. The lowest BCUT2D eigenvalue weighted by Gasteiger charge is -2.33. The van der Waals surface area contributed by atoms with Crippen LogP contribution in [0.4, 0.5) is 5.69 Å². The fourth-order valence-electron chi connectivity index (χ4n) is 3.63. The third-order valence-electron chi connectivity index (χ3n) is 5.79. The Morgan fingerprint density at radius 3 is 2.23 bits per heavy atom. The molecule has 0 heterocycles. The Kier molecular flexibility index (Phi) is 10.4. The van der Waals surface area contributed by atoms with Crippen molar-refractivity contribution in [3.8, 4) is 0 Å². The van der Waals surface area contributed by atoms with Crippen molar-refractivity contribution in [2.24, 2.45) is 0 Å². The zero-order valence-electron chi connectivity index (χ0n) is 20.7. The molecule has 0 aromatic heterocycles. The predicted molar refractivity (Wildman–Crippen MR) is 142 cm³/mol. The van der Waals surface area contributed by atoms with Crippen LogP contribution in [0.25, 0.3) is 0 Å². The lowest BCUT2D eigenvalue weighted by molar-refractivity contribution is -0.140. The van der Waals surface area contributed by atoms with E-state index in [4.69, 9.17) is 23.2 Å². The van der Waals surface area contributed by atoms with Gasteiger partial charge in [0.15, 0.2) is 0 Å². The number of benzene rings is 2. The van der Waals surface area contributed by atoms with Crippen molar-refractivity contribution < 1.29 is 18.0 Å². The zero-order valence-corrected chi connectivity index (χ0v) is 23.0. The number of hydrogen-bond acceptors (Lipinski definition) is 4. The molecule has 0 aliphatic carbocycles. The number of rotatable bonds is 11. The van der Waals surface area contributed by atoms with Gasteiger partial charge in [0.1, 0.15) is 12.6 Å². The van der Waals surface area contributed by atoms with Gasteiger partial charge in [0.05, 0.1) is 22.0 Å². The lowest BCUT2D eigenvalue weighted by Crippen LogP contribution is -2.53. The molecule has 0 fully saturated rings. The smallest absolute Gasteiger partial charge is 0.244 e. The Labute approximate surface area is 218 Å². The van der Waals surface area contributed by atoms with E-state index in [0.717, 1.165) is 17.0 Å². The van der Waals surface area contributed by atoms with Gasteiger partial charge in [-0.3, -0.25) is 13.9 Å². The van der Waals surface area contributed by atoms with Crippen molar-refractivity contribution in [1.82, 2.24) is 10.2 Å². The van der Waals surface area contributed by atoms with Crippen molar-refractivity contribution in [2.45, 2.75) is 59.2 Å². The molecule has 0 aliphatic heterocycles. The highest BCUT2D eigenvalue weighted by molar-refractivity contribution is 7.92. The molecule has 7 nitrogen and oxygen atoms in total. The SMILES string of the molecule is CC[C@H](C(=O)N[C@@H](C)CC)N(Cc1ccc(Cl)c(Cl)c1)C(=O)CN(c1ccccc1C)S(C)(=O)=O. The Bertz CT molecular complexity index is 1160. The van der Waals surface area contributed by atoms with Crippen molar-refractivity contribution in [2.75, 3.05) is 17.1 Å². The van der Waals surface area contributed by atoms with E-state index in [9.17, 15) is 18.0 Å². The van der Waals surface area contributed by atoms with Crippen molar-refractivity contribution >= 4 is 50.7 Å². The van der Waals surface area contributed by atoms with Gasteiger partial charge in [-0.25, -0.2) is 8.42 Å². The summed E-state index contributed by atoms with van der Waals surface area (Å²) in [5.74, 6) is -0.798. The zero-order chi connectivity index (χ0) is 26.3. The van der Waals surface area contributed by atoms with Crippen LogP contribution in [0.5, 0.6) is 0 Å². The van der Waals surface area contributed by atoms with Gasteiger partial charge in [0, 0.05) is 12.6 Å². The quantitative estimate of drug-likeness (QED) is 0.443.